The van der Waals surface area contributed by atoms with Gasteiger partial charge in [0.15, 0.2) is 5.76 Å². The summed E-state index contributed by atoms with van der Waals surface area (Å²) in [5.74, 6) is -0.136. The van der Waals surface area contributed by atoms with E-state index in [2.05, 4.69) is 15.5 Å². The minimum atomic E-state index is -0.303. The maximum Gasteiger partial charge on any atom is 0.291 e. The summed E-state index contributed by atoms with van der Waals surface area (Å²) in [5.41, 5.74) is 12.8. The first-order valence-corrected chi connectivity index (χ1v) is 6.71. The Morgan fingerprint density at radius 3 is 2.45 bits per heavy atom. The largest absolute Gasteiger partial charge is 0.459 e. The summed E-state index contributed by atoms with van der Waals surface area (Å²) in [5, 5.41) is 10.4. The van der Waals surface area contributed by atoms with Gasteiger partial charge in [0, 0.05) is 5.69 Å². The van der Waals surface area contributed by atoms with Gasteiger partial charge in [-0.3, -0.25) is 4.79 Å². The predicted octanol–water partition coefficient (Wildman–Crippen LogP) is 1.92. The first kappa shape index (κ1) is 15.3. The molecule has 0 saturated carbocycles. The highest BCUT2D eigenvalue weighted by molar-refractivity contribution is 6.03. The quantitative estimate of drug-likeness (QED) is 0.444. The van der Waals surface area contributed by atoms with Crippen LogP contribution in [0.3, 0.4) is 0 Å². The third-order valence-electron chi connectivity index (χ3n) is 2.84. The number of amides is 1. The molecule has 1 aromatic heterocycles. The first-order valence-electron chi connectivity index (χ1n) is 6.71. The van der Waals surface area contributed by atoms with Crippen LogP contribution in [0.1, 0.15) is 29.5 Å². The van der Waals surface area contributed by atoms with Crippen molar-refractivity contribution in [3.63, 3.8) is 0 Å². The Hall–Kier alpha value is -3.09. The second-order valence-electron chi connectivity index (χ2n) is 4.43. The number of nitrogens with one attached hydrogen (secondary N) is 1. The molecular weight excluding hydrogens is 282 g/mol. The normalized spacial score (nSPS) is 11.0. The molecule has 0 atom stereocenters. The molecule has 1 heterocycles. The van der Waals surface area contributed by atoms with Crippen LogP contribution in [0.25, 0.3) is 0 Å². The zero-order valence-electron chi connectivity index (χ0n) is 12.1. The van der Waals surface area contributed by atoms with E-state index in [9.17, 15) is 4.79 Å². The molecule has 114 valence electrons. The zero-order valence-corrected chi connectivity index (χ0v) is 12.1. The van der Waals surface area contributed by atoms with Crippen LogP contribution >= 0.6 is 0 Å². The van der Waals surface area contributed by atoms with E-state index < -0.39 is 0 Å². The summed E-state index contributed by atoms with van der Waals surface area (Å²) >= 11 is 0. The van der Waals surface area contributed by atoms with Crippen molar-refractivity contribution in [3.8, 4) is 0 Å². The van der Waals surface area contributed by atoms with Gasteiger partial charge in [-0.15, -0.1) is 5.10 Å². The maximum absolute atomic E-state index is 11.9. The summed E-state index contributed by atoms with van der Waals surface area (Å²) in [6.07, 6.45) is 2.13. The van der Waals surface area contributed by atoms with E-state index in [-0.39, 0.29) is 17.6 Å². The Morgan fingerprint density at radius 1 is 1.18 bits per heavy atom. The summed E-state index contributed by atoms with van der Waals surface area (Å²) in [6, 6.07) is 10.5. The number of hydrogen-bond donors (Lipinski definition) is 3. The first-order chi connectivity index (χ1) is 10.6. The van der Waals surface area contributed by atoms with E-state index in [1.54, 1.807) is 24.3 Å². The molecule has 0 fully saturated rings. The average molecular weight is 299 g/mol. The van der Waals surface area contributed by atoms with Crippen LogP contribution in [0, 0.1) is 0 Å². The van der Waals surface area contributed by atoms with Gasteiger partial charge in [0.25, 0.3) is 5.91 Å². The Balaban J connectivity index is 2.11. The number of carbonyl (C=O) groups excluding carboxylic acids is 1. The van der Waals surface area contributed by atoms with Crippen molar-refractivity contribution < 1.29 is 9.21 Å². The third-order valence-corrected chi connectivity index (χ3v) is 2.84. The van der Waals surface area contributed by atoms with Gasteiger partial charge >= 0.3 is 0 Å². The van der Waals surface area contributed by atoms with E-state index in [1.165, 1.54) is 6.26 Å². The van der Waals surface area contributed by atoms with Crippen LogP contribution in [0.4, 0.5) is 5.69 Å². The Bertz CT molecular complexity index is 683. The molecule has 7 nitrogen and oxygen atoms in total. The molecule has 22 heavy (non-hydrogen) atoms. The van der Waals surface area contributed by atoms with Crippen molar-refractivity contribution in [1.82, 2.24) is 0 Å². The number of furan rings is 1. The molecule has 0 spiro atoms. The van der Waals surface area contributed by atoms with E-state index >= 15 is 0 Å². The van der Waals surface area contributed by atoms with E-state index in [0.717, 1.165) is 11.3 Å². The second kappa shape index (κ2) is 7.07. The Morgan fingerprint density at radius 2 is 1.91 bits per heavy atom. The fourth-order valence-electron chi connectivity index (χ4n) is 1.80. The second-order valence-corrected chi connectivity index (χ2v) is 4.43. The highest BCUT2D eigenvalue weighted by Gasteiger charge is 2.09. The van der Waals surface area contributed by atoms with Crippen molar-refractivity contribution in [1.29, 1.82) is 0 Å². The molecule has 7 heteroatoms. The number of nitrogens with two attached hydrogens (primary N) is 2. The number of hydrogen-bond acceptors (Lipinski definition) is 4. The van der Waals surface area contributed by atoms with Crippen LogP contribution in [-0.4, -0.2) is 17.6 Å². The van der Waals surface area contributed by atoms with E-state index in [1.807, 2.05) is 19.1 Å². The monoisotopic (exact) mass is 299 g/mol. The summed E-state index contributed by atoms with van der Waals surface area (Å²) in [4.78, 5) is 11.9. The SMILES string of the molecule is CCC(=NN=C(N)N)c1ccc(NC(=O)c2ccco2)cc1. The number of benzene rings is 1. The lowest BCUT2D eigenvalue weighted by molar-refractivity contribution is 0.0996. The highest BCUT2D eigenvalue weighted by Crippen LogP contribution is 2.13. The van der Waals surface area contributed by atoms with E-state index in [0.29, 0.717) is 12.1 Å². The Kier molecular flexibility index (Phi) is 4.92. The molecule has 0 aliphatic heterocycles. The van der Waals surface area contributed by atoms with Gasteiger partial charge in [-0.05, 0) is 36.2 Å². The number of anilines is 1. The molecule has 0 saturated heterocycles. The van der Waals surface area contributed by atoms with Gasteiger partial charge < -0.3 is 21.2 Å². The highest BCUT2D eigenvalue weighted by atomic mass is 16.3. The molecule has 2 rings (SSSR count). The van der Waals surface area contributed by atoms with Gasteiger partial charge in [0.1, 0.15) is 0 Å². The average Bonchev–Trinajstić information content (AvgIpc) is 3.03. The van der Waals surface area contributed by atoms with Gasteiger partial charge in [0.2, 0.25) is 5.96 Å². The minimum absolute atomic E-state index is 0.0896. The molecule has 1 amide bonds. The molecule has 0 radical (unpaired) electrons. The summed E-state index contributed by atoms with van der Waals surface area (Å²) < 4.78 is 5.03. The lowest BCUT2D eigenvalue weighted by atomic mass is 10.1. The number of rotatable bonds is 5. The van der Waals surface area contributed by atoms with Gasteiger partial charge in [-0.25, -0.2) is 0 Å². The number of nitrogens with zero attached hydrogens (tertiary/aromatic N) is 2. The van der Waals surface area contributed by atoms with Crippen molar-refractivity contribution >= 4 is 23.3 Å². The molecule has 2 aromatic rings. The van der Waals surface area contributed by atoms with Crippen LogP contribution in [0.2, 0.25) is 0 Å². The summed E-state index contributed by atoms with van der Waals surface area (Å²) in [7, 11) is 0. The lowest BCUT2D eigenvalue weighted by Gasteiger charge is -2.06. The number of carbonyl (C=O) groups is 1. The van der Waals surface area contributed by atoms with E-state index in [4.69, 9.17) is 15.9 Å². The Labute approximate surface area is 127 Å². The summed E-state index contributed by atoms with van der Waals surface area (Å²) in [6.45, 7) is 1.95. The molecule has 1 aromatic carbocycles. The molecule has 0 bridgehead atoms. The zero-order chi connectivity index (χ0) is 15.9. The third kappa shape index (κ3) is 3.95. The molecular formula is C15H17N5O2. The van der Waals surface area contributed by atoms with Gasteiger partial charge in [0.05, 0.1) is 12.0 Å². The van der Waals surface area contributed by atoms with Crippen molar-refractivity contribution in [3.05, 3.63) is 54.0 Å². The van der Waals surface area contributed by atoms with Gasteiger partial charge in [-0.2, -0.15) is 5.10 Å². The fourth-order valence-corrected chi connectivity index (χ4v) is 1.80. The van der Waals surface area contributed by atoms with Gasteiger partial charge in [-0.1, -0.05) is 19.1 Å². The van der Waals surface area contributed by atoms with Crippen molar-refractivity contribution in [2.45, 2.75) is 13.3 Å². The smallest absolute Gasteiger partial charge is 0.291 e. The predicted molar refractivity (Wildman–Crippen MR) is 85.7 cm³/mol. The van der Waals surface area contributed by atoms with Crippen molar-refractivity contribution in [2.75, 3.05) is 5.32 Å². The molecule has 0 aliphatic carbocycles. The molecule has 0 unspecified atom stereocenters. The van der Waals surface area contributed by atoms with Crippen LogP contribution in [-0.2, 0) is 0 Å². The number of guanidine groups is 1. The molecule has 5 N–H and O–H groups in total. The minimum Gasteiger partial charge on any atom is -0.459 e. The standard InChI is InChI=1S/C15H17N5O2/c1-2-12(19-20-15(16)17)10-5-7-11(8-6-10)18-14(21)13-4-3-9-22-13/h3-9H,2H2,1H3,(H,18,21)(H4,16,17,20). The van der Waals surface area contributed by atoms with Crippen LogP contribution < -0.4 is 16.8 Å². The molecule has 0 aliphatic rings. The lowest BCUT2D eigenvalue weighted by Crippen LogP contribution is -2.22. The topological polar surface area (TPSA) is 119 Å². The van der Waals surface area contributed by atoms with Crippen LogP contribution in [0.5, 0.6) is 0 Å². The van der Waals surface area contributed by atoms with Crippen LogP contribution in [0.15, 0.2) is 57.3 Å². The van der Waals surface area contributed by atoms with Crippen molar-refractivity contribution in [2.24, 2.45) is 21.7 Å². The fraction of sp³-hybridized carbons (Fsp3) is 0.133. The maximum atomic E-state index is 11.9.